The van der Waals surface area contributed by atoms with E-state index in [2.05, 4.69) is 99.3 Å². The summed E-state index contributed by atoms with van der Waals surface area (Å²) in [5.74, 6) is 0.509. The molecule has 12 heteroatoms. The number of aromatic nitrogens is 3. The lowest BCUT2D eigenvalue weighted by Gasteiger charge is -2.29. The standard InChI is InChI=1S/C41H30B2Br2FN7/c1-29-15-12-24-36(47-29)41(46,37-25-13-27-39(48-37)52-34-22-10-8-20-32(34)50(42(52)44)30-16-4-2-5-17-30)38-26-14-28-40(49-38)53-35-23-11-9-21-33(35)51(43(53)45)31-18-6-3-7-19-31/h2-28H,1H3. The molecule has 0 saturated carbocycles. The third kappa shape index (κ3) is 5.59. The molecule has 0 spiro atoms. The van der Waals surface area contributed by atoms with Gasteiger partial charge in [-0.1, -0.05) is 110 Å². The maximum atomic E-state index is 18.7. The van der Waals surface area contributed by atoms with Gasteiger partial charge in [0.1, 0.15) is 11.6 Å². The van der Waals surface area contributed by atoms with E-state index in [0.29, 0.717) is 17.3 Å². The molecule has 53 heavy (non-hydrogen) atoms. The van der Waals surface area contributed by atoms with E-state index in [1.165, 1.54) is 0 Å². The van der Waals surface area contributed by atoms with Gasteiger partial charge in [-0.3, -0.25) is 4.98 Å². The van der Waals surface area contributed by atoms with E-state index in [9.17, 15) is 0 Å². The number of nitrogens with zero attached hydrogens (tertiary/aromatic N) is 7. The van der Waals surface area contributed by atoms with Crippen LogP contribution < -0.4 is 19.2 Å². The van der Waals surface area contributed by atoms with Gasteiger partial charge in [0.25, 0.3) is 0 Å². The predicted molar refractivity (Wildman–Crippen MR) is 222 cm³/mol. The van der Waals surface area contributed by atoms with Crippen LogP contribution in [0.2, 0.25) is 0 Å². The van der Waals surface area contributed by atoms with Crippen molar-refractivity contribution in [3.63, 3.8) is 0 Å². The summed E-state index contributed by atoms with van der Waals surface area (Å²) in [6.45, 7) is 1.86. The minimum absolute atomic E-state index is 0.177. The van der Waals surface area contributed by atoms with Crippen LogP contribution in [0.3, 0.4) is 0 Å². The lowest BCUT2D eigenvalue weighted by Crippen LogP contribution is -2.39. The van der Waals surface area contributed by atoms with Crippen molar-refractivity contribution >= 4 is 88.9 Å². The van der Waals surface area contributed by atoms with Crippen LogP contribution in [0.25, 0.3) is 0 Å². The molecule has 7 aromatic rings. The number of pyridine rings is 3. The highest BCUT2D eigenvalue weighted by Gasteiger charge is 2.46. The zero-order valence-electron chi connectivity index (χ0n) is 28.5. The number of hydrogen-bond donors (Lipinski definition) is 0. The Bertz CT molecular complexity index is 2300. The monoisotopic (exact) mass is 819 g/mol. The maximum absolute atomic E-state index is 18.7. The molecule has 0 N–H and O–H groups in total. The fraction of sp³-hybridized carbons (Fsp3) is 0.0488. The molecule has 2 aliphatic rings. The van der Waals surface area contributed by atoms with Crippen molar-refractivity contribution in [2.75, 3.05) is 19.2 Å². The van der Waals surface area contributed by atoms with Gasteiger partial charge in [0.15, 0.2) is 0 Å². The molecule has 0 bridgehead atoms. The molecule has 5 heterocycles. The van der Waals surface area contributed by atoms with Gasteiger partial charge in [-0.15, -0.1) is 0 Å². The molecule has 0 amide bonds. The number of benzene rings is 4. The number of rotatable bonds is 7. The van der Waals surface area contributed by atoms with Gasteiger partial charge in [-0.2, -0.15) is 0 Å². The van der Waals surface area contributed by atoms with Crippen LogP contribution in [0.5, 0.6) is 0 Å². The normalized spacial score (nSPS) is 13.8. The Morgan fingerprint density at radius 3 is 1.21 bits per heavy atom. The van der Waals surface area contributed by atoms with Crippen molar-refractivity contribution in [2.45, 2.75) is 12.6 Å². The summed E-state index contributed by atoms with van der Waals surface area (Å²) >= 11 is 7.93. The molecule has 4 aromatic carbocycles. The first-order valence-electron chi connectivity index (χ1n) is 17.2. The smallest absolute Gasteiger partial charge is 0.354 e. The largest absolute Gasteiger partial charge is 0.466 e. The van der Waals surface area contributed by atoms with Gasteiger partial charge in [0.2, 0.25) is 5.67 Å². The van der Waals surface area contributed by atoms with E-state index in [1.807, 2.05) is 104 Å². The number of para-hydroxylation sites is 6. The Labute approximate surface area is 325 Å². The highest BCUT2D eigenvalue weighted by atomic mass is 79.9. The molecule has 0 saturated heterocycles. The van der Waals surface area contributed by atoms with Crippen LogP contribution in [-0.2, 0) is 5.67 Å². The Morgan fingerprint density at radius 1 is 0.434 bits per heavy atom. The van der Waals surface area contributed by atoms with Crippen molar-refractivity contribution in [1.82, 2.24) is 15.0 Å². The van der Waals surface area contributed by atoms with Gasteiger partial charge in [0.05, 0.1) is 39.8 Å². The summed E-state index contributed by atoms with van der Waals surface area (Å²) in [4.78, 5) is 23.5. The number of fused-ring (bicyclic) bond motifs is 2. The molecule has 9 rings (SSSR count). The number of aryl methyl sites for hydroxylation is 1. The van der Waals surface area contributed by atoms with Crippen LogP contribution >= 0.6 is 31.5 Å². The van der Waals surface area contributed by atoms with Crippen LogP contribution in [0.1, 0.15) is 22.8 Å². The summed E-state index contributed by atoms with van der Waals surface area (Å²) in [7, 11) is 0. The Morgan fingerprint density at radius 2 is 0.792 bits per heavy atom. The van der Waals surface area contributed by atoms with Crippen LogP contribution in [0.15, 0.2) is 164 Å². The molecular formula is C41H30B2Br2FN7. The highest BCUT2D eigenvalue weighted by Crippen LogP contribution is 2.50. The summed E-state index contributed by atoms with van der Waals surface area (Å²) in [6, 6.07) is 53.0. The SMILES string of the molecule is Cc1cccc(C(F)(c2cccc(N3B(Br)N(c4ccccc4)c4ccccc43)n2)c2cccc(N3B(Br)N(c4ccccc4)c4ccccc43)n2)n1. The molecule has 2 aliphatic heterocycles. The first-order valence-corrected chi connectivity index (χ1v) is 19.1. The highest BCUT2D eigenvalue weighted by molar-refractivity contribution is 9.25. The minimum atomic E-state index is -2.31. The van der Waals surface area contributed by atoms with E-state index in [0.717, 1.165) is 34.1 Å². The van der Waals surface area contributed by atoms with E-state index in [4.69, 9.17) is 15.0 Å². The topological polar surface area (TPSA) is 51.6 Å². The number of alkyl halides is 1. The molecule has 256 valence electrons. The quantitative estimate of drug-likeness (QED) is 0.148. The van der Waals surface area contributed by atoms with Crippen LogP contribution in [0, 0.1) is 6.92 Å². The van der Waals surface area contributed by atoms with Crippen molar-refractivity contribution in [3.05, 3.63) is 187 Å². The zero-order valence-corrected chi connectivity index (χ0v) is 31.7. The second-order valence-corrected chi connectivity index (χ2v) is 14.5. The first-order chi connectivity index (χ1) is 25.9. The lowest BCUT2D eigenvalue weighted by molar-refractivity contribution is 0.258. The zero-order chi connectivity index (χ0) is 36.1. The molecule has 0 aliphatic carbocycles. The van der Waals surface area contributed by atoms with Crippen LogP contribution in [0.4, 0.5) is 50.2 Å². The third-order valence-corrected chi connectivity index (χ3v) is 11.3. The molecule has 0 atom stereocenters. The average Bonchev–Trinajstić information content (AvgIpc) is 3.67. The van der Waals surface area contributed by atoms with Crippen molar-refractivity contribution < 1.29 is 4.39 Å². The van der Waals surface area contributed by atoms with E-state index < -0.39 is 5.67 Å². The molecule has 0 unspecified atom stereocenters. The minimum Gasteiger partial charge on any atom is -0.354 e. The Balaban J connectivity index is 1.17. The number of anilines is 8. The fourth-order valence-electron chi connectivity index (χ4n) is 7.23. The fourth-order valence-corrected chi connectivity index (χ4v) is 9.00. The Kier molecular flexibility index (Phi) is 8.51. The molecule has 7 nitrogen and oxygen atoms in total. The summed E-state index contributed by atoms with van der Waals surface area (Å²) < 4.78 is 18.7. The second kappa shape index (κ2) is 13.5. The van der Waals surface area contributed by atoms with Gasteiger partial charge in [0, 0.05) is 17.1 Å². The van der Waals surface area contributed by atoms with E-state index in [1.54, 1.807) is 18.2 Å². The maximum Gasteiger partial charge on any atom is 0.466 e. The van der Waals surface area contributed by atoms with Crippen molar-refractivity contribution in [1.29, 1.82) is 0 Å². The summed E-state index contributed by atoms with van der Waals surface area (Å²) in [6.07, 6.45) is 0. The second-order valence-electron chi connectivity index (χ2n) is 12.8. The lowest BCUT2D eigenvalue weighted by atomic mass is 9.91. The molecule has 0 fully saturated rings. The van der Waals surface area contributed by atoms with Gasteiger partial charge >= 0.3 is 11.6 Å². The Hall–Kier alpha value is -5.45. The van der Waals surface area contributed by atoms with Gasteiger partial charge in [-0.25, -0.2) is 14.4 Å². The average molecular weight is 821 g/mol. The van der Waals surface area contributed by atoms with Gasteiger partial charge in [-0.05, 0) is 91.9 Å². The summed E-state index contributed by atoms with van der Waals surface area (Å²) in [5.41, 5.74) is 4.89. The third-order valence-electron chi connectivity index (χ3n) is 9.63. The molecule has 0 radical (unpaired) electrons. The van der Waals surface area contributed by atoms with E-state index in [-0.39, 0.29) is 28.7 Å². The van der Waals surface area contributed by atoms with Crippen LogP contribution in [-0.4, -0.2) is 26.6 Å². The van der Waals surface area contributed by atoms with Crippen molar-refractivity contribution in [2.24, 2.45) is 0 Å². The first kappa shape index (κ1) is 33.4. The molecule has 3 aromatic heterocycles. The predicted octanol–water partition coefficient (Wildman–Crippen LogP) is 10.8. The van der Waals surface area contributed by atoms with Crippen molar-refractivity contribution in [3.8, 4) is 0 Å². The number of halogens is 3. The summed E-state index contributed by atoms with van der Waals surface area (Å²) in [5, 5.41) is 0. The molecular weight excluding hydrogens is 791 g/mol. The number of hydrogen-bond acceptors (Lipinski definition) is 7. The van der Waals surface area contributed by atoms with Gasteiger partial charge < -0.3 is 19.2 Å². The van der Waals surface area contributed by atoms with E-state index >= 15 is 4.39 Å².